The molecule has 120 valence electrons. The van der Waals surface area contributed by atoms with Gasteiger partial charge in [0, 0.05) is 31.1 Å². The van der Waals surface area contributed by atoms with E-state index in [1.54, 1.807) is 0 Å². The van der Waals surface area contributed by atoms with Gasteiger partial charge in [0.15, 0.2) is 5.69 Å². The Labute approximate surface area is 129 Å². The Balaban J connectivity index is 1.41. The van der Waals surface area contributed by atoms with Gasteiger partial charge in [-0.25, -0.2) is 0 Å². The molecule has 2 saturated heterocycles. The summed E-state index contributed by atoms with van der Waals surface area (Å²) >= 11 is 0. The van der Waals surface area contributed by atoms with Gasteiger partial charge in [-0.1, -0.05) is 0 Å². The monoisotopic (exact) mass is 306 g/mol. The van der Waals surface area contributed by atoms with Crippen molar-refractivity contribution < 1.29 is 14.3 Å². The molecule has 0 unspecified atom stereocenters. The maximum atomic E-state index is 12.6. The summed E-state index contributed by atoms with van der Waals surface area (Å²) in [4.78, 5) is 14.5. The Kier molecular flexibility index (Phi) is 3.43. The molecule has 1 aromatic rings. The zero-order valence-electron chi connectivity index (χ0n) is 13.0. The van der Waals surface area contributed by atoms with Crippen LogP contribution in [0.3, 0.4) is 0 Å². The number of rotatable bonds is 3. The SMILES string of the molecule is C[C@@H]1Cc2c(C(=O)N3CC(NC4COC4)C3)n[nH]c2[C@H](C)O1. The van der Waals surface area contributed by atoms with E-state index in [0.717, 1.165) is 44.0 Å². The standard InChI is InChI=1S/C15H22N4O3/c1-8-3-12-13(9(2)22-8)17-18-14(12)15(20)19-4-10(5-19)16-11-6-21-7-11/h8-11,16H,3-7H2,1-2H3,(H,17,18)/t8-,9+/m1/s1. The first-order valence-corrected chi connectivity index (χ1v) is 7.97. The molecular formula is C15H22N4O3. The van der Waals surface area contributed by atoms with E-state index < -0.39 is 0 Å². The van der Waals surface area contributed by atoms with Crippen LogP contribution in [0.15, 0.2) is 0 Å². The number of likely N-dealkylation sites (tertiary alicyclic amines) is 1. The molecule has 3 aliphatic heterocycles. The molecule has 0 aromatic carbocycles. The number of amides is 1. The third kappa shape index (κ3) is 2.33. The van der Waals surface area contributed by atoms with Crippen molar-refractivity contribution >= 4 is 5.91 Å². The zero-order valence-corrected chi connectivity index (χ0v) is 13.0. The van der Waals surface area contributed by atoms with Crippen LogP contribution < -0.4 is 5.32 Å². The predicted molar refractivity (Wildman–Crippen MR) is 78.7 cm³/mol. The molecular weight excluding hydrogens is 284 g/mol. The van der Waals surface area contributed by atoms with Crippen LogP contribution in [0.5, 0.6) is 0 Å². The molecule has 1 aromatic heterocycles. The number of nitrogens with zero attached hydrogens (tertiary/aromatic N) is 2. The second kappa shape index (κ2) is 5.33. The fourth-order valence-electron chi connectivity index (χ4n) is 3.42. The average molecular weight is 306 g/mol. The lowest BCUT2D eigenvalue weighted by molar-refractivity contribution is -0.0211. The van der Waals surface area contributed by atoms with Crippen LogP contribution in [0, 0.1) is 0 Å². The van der Waals surface area contributed by atoms with E-state index in [-0.39, 0.29) is 18.1 Å². The Morgan fingerprint density at radius 2 is 2.09 bits per heavy atom. The third-order valence-electron chi connectivity index (χ3n) is 4.71. The molecule has 4 heterocycles. The van der Waals surface area contributed by atoms with Crippen molar-refractivity contribution in [2.45, 2.75) is 44.6 Å². The summed E-state index contributed by atoms with van der Waals surface area (Å²) in [6.07, 6.45) is 0.833. The van der Waals surface area contributed by atoms with Crippen molar-refractivity contribution in [1.29, 1.82) is 0 Å². The minimum Gasteiger partial charge on any atom is -0.378 e. The molecule has 0 radical (unpaired) electrons. The summed E-state index contributed by atoms with van der Waals surface area (Å²) in [7, 11) is 0. The number of hydrogen-bond donors (Lipinski definition) is 2. The zero-order chi connectivity index (χ0) is 15.3. The first-order chi connectivity index (χ1) is 10.6. The van der Waals surface area contributed by atoms with Gasteiger partial charge in [-0.15, -0.1) is 0 Å². The Bertz CT molecular complexity index is 577. The van der Waals surface area contributed by atoms with Gasteiger partial charge < -0.3 is 19.7 Å². The van der Waals surface area contributed by atoms with Gasteiger partial charge in [-0.2, -0.15) is 5.10 Å². The predicted octanol–water partition coefficient (Wildman–Crippen LogP) is 0.245. The molecule has 2 fully saturated rings. The third-order valence-corrected chi connectivity index (χ3v) is 4.71. The summed E-state index contributed by atoms with van der Waals surface area (Å²) < 4.78 is 10.9. The number of H-pyrrole nitrogens is 1. The molecule has 0 saturated carbocycles. The number of ether oxygens (including phenoxy) is 2. The van der Waals surface area contributed by atoms with Crippen LogP contribution in [-0.4, -0.2) is 65.5 Å². The number of aromatic amines is 1. The molecule has 2 atom stereocenters. The molecule has 0 aliphatic carbocycles. The lowest BCUT2D eigenvalue weighted by Crippen LogP contribution is -2.64. The number of carbonyl (C=O) groups excluding carboxylic acids is 1. The van der Waals surface area contributed by atoms with Crippen LogP contribution in [-0.2, 0) is 15.9 Å². The summed E-state index contributed by atoms with van der Waals surface area (Å²) in [6.45, 7) is 7.09. The quantitative estimate of drug-likeness (QED) is 0.836. The molecule has 3 aliphatic rings. The fourth-order valence-corrected chi connectivity index (χ4v) is 3.42. The highest BCUT2D eigenvalue weighted by atomic mass is 16.5. The van der Waals surface area contributed by atoms with Crippen molar-refractivity contribution in [3.8, 4) is 0 Å². The highest BCUT2D eigenvalue weighted by Crippen LogP contribution is 2.31. The smallest absolute Gasteiger partial charge is 0.274 e. The number of aromatic nitrogens is 2. The Morgan fingerprint density at radius 1 is 1.32 bits per heavy atom. The topological polar surface area (TPSA) is 79.5 Å². The van der Waals surface area contributed by atoms with Crippen molar-refractivity contribution in [1.82, 2.24) is 20.4 Å². The van der Waals surface area contributed by atoms with Gasteiger partial charge in [0.05, 0.1) is 37.2 Å². The van der Waals surface area contributed by atoms with Crippen molar-refractivity contribution in [2.75, 3.05) is 26.3 Å². The summed E-state index contributed by atoms with van der Waals surface area (Å²) in [5, 5.41) is 10.7. The number of carbonyl (C=O) groups is 1. The van der Waals surface area contributed by atoms with Crippen LogP contribution >= 0.6 is 0 Å². The first kappa shape index (κ1) is 14.2. The lowest BCUT2D eigenvalue weighted by atomic mass is 9.98. The molecule has 1 amide bonds. The van der Waals surface area contributed by atoms with Crippen LogP contribution in [0.4, 0.5) is 0 Å². The van der Waals surface area contributed by atoms with Gasteiger partial charge in [-0.05, 0) is 13.8 Å². The minimum absolute atomic E-state index is 0.0294. The maximum Gasteiger partial charge on any atom is 0.274 e. The second-order valence-corrected chi connectivity index (χ2v) is 6.57. The highest BCUT2D eigenvalue weighted by Gasteiger charge is 2.37. The van der Waals surface area contributed by atoms with Crippen LogP contribution in [0.2, 0.25) is 0 Å². The van der Waals surface area contributed by atoms with Crippen LogP contribution in [0.25, 0.3) is 0 Å². The largest absolute Gasteiger partial charge is 0.378 e. The van der Waals surface area contributed by atoms with E-state index in [4.69, 9.17) is 9.47 Å². The second-order valence-electron chi connectivity index (χ2n) is 6.57. The summed E-state index contributed by atoms with van der Waals surface area (Å²) in [5.41, 5.74) is 2.55. The molecule has 0 spiro atoms. The number of nitrogens with one attached hydrogen (secondary N) is 2. The van der Waals surface area contributed by atoms with Gasteiger partial charge in [0.2, 0.25) is 0 Å². The van der Waals surface area contributed by atoms with E-state index in [1.807, 2.05) is 18.7 Å². The van der Waals surface area contributed by atoms with Crippen molar-refractivity contribution in [3.63, 3.8) is 0 Å². The normalized spacial score (nSPS) is 28.9. The first-order valence-electron chi connectivity index (χ1n) is 7.97. The van der Waals surface area contributed by atoms with E-state index in [2.05, 4.69) is 15.5 Å². The number of hydrogen-bond acceptors (Lipinski definition) is 5. The number of fused-ring (bicyclic) bond motifs is 1. The lowest BCUT2D eigenvalue weighted by Gasteiger charge is -2.43. The summed E-state index contributed by atoms with van der Waals surface area (Å²) in [6, 6.07) is 0.841. The van der Waals surface area contributed by atoms with E-state index in [1.165, 1.54) is 0 Å². The fraction of sp³-hybridized carbons (Fsp3) is 0.733. The van der Waals surface area contributed by atoms with Gasteiger partial charge >= 0.3 is 0 Å². The van der Waals surface area contributed by atoms with E-state index in [0.29, 0.717) is 17.8 Å². The Hall–Kier alpha value is -1.44. The van der Waals surface area contributed by atoms with Crippen molar-refractivity contribution in [3.05, 3.63) is 17.0 Å². The summed E-state index contributed by atoms with van der Waals surface area (Å²) in [5.74, 6) is 0.0294. The highest BCUT2D eigenvalue weighted by molar-refractivity contribution is 5.94. The van der Waals surface area contributed by atoms with Gasteiger partial charge in [0.1, 0.15) is 0 Å². The average Bonchev–Trinajstić information content (AvgIpc) is 2.78. The van der Waals surface area contributed by atoms with Crippen LogP contribution in [0.1, 0.15) is 41.7 Å². The molecule has 4 rings (SSSR count). The van der Waals surface area contributed by atoms with Gasteiger partial charge in [0.25, 0.3) is 5.91 Å². The van der Waals surface area contributed by atoms with Gasteiger partial charge in [-0.3, -0.25) is 9.89 Å². The molecule has 7 nitrogen and oxygen atoms in total. The van der Waals surface area contributed by atoms with Crippen molar-refractivity contribution in [2.24, 2.45) is 0 Å². The molecule has 22 heavy (non-hydrogen) atoms. The Morgan fingerprint density at radius 3 is 2.77 bits per heavy atom. The molecule has 0 bridgehead atoms. The molecule has 2 N–H and O–H groups in total. The van der Waals surface area contributed by atoms with E-state index >= 15 is 0 Å². The molecule has 7 heteroatoms. The maximum absolute atomic E-state index is 12.6. The minimum atomic E-state index is -0.0303. The van der Waals surface area contributed by atoms with E-state index in [9.17, 15) is 4.79 Å².